The van der Waals surface area contributed by atoms with E-state index in [1.165, 1.54) is 11.1 Å². The Labute approximate surface area is 105 Å². The van der Waals surface area contributed by atoms with Gasteiger partial charge in [0.15, 0.2) is 0 Å². The summed E-state index contributed by atoms with van der Waals surface area (Å²) in [5.74, 6) is 2.13. The molecule has 0 radical (unpaired) electrons. The van der Waals surface area contributed by atoms with Crippen molar-refractivity contribution < 1.29 is 0 Å². The molecule has 2 heteroatoms. The van der Waals surface area contributed by atoms with Crippen LogP contribution in [-0.4, -0.2) is 10.8 Å². The van der Waals surface area contributed by atoms with Gasteiger partial charge in [-0.1, -0.05) is 36.4 Å². The number of halogens is 2. The molecule has 0 aliphatic heterocycles. The molecule has 0 unspecified atom stereocenters. The predicted molar refractivity (Wildman–Crippen MR) is 67.3 cm³/mol. The molecule has 4 aliphatic rings. The largest absolute Gasteiger partial charge is 0.121 e. The van der Waals surface area contributed by atoms with Crippen molar-refractivity contribution in [3.8, 4) is 0 Å². The molecule has 4 aliphatic carbocycles. The minimum absolute atomic E-state index is 0.150. The first-order valence-electron chi connectivity index (χ1n) is 5.84. The molecule has 0 amide bonds. The van der Waals surface area contributed by atoms with Crippen molar-refractivity contribution in [3.63, 3.8) is 0 Å². The summed E-state index contributed by atoms with van der Waals surface area (Å²) in [4.78, 5) is 0. The molecule has 1 aromatic carbocycles. The number of hydrogen-bond donors (Lipinski definition) is 0. The van der Waals surface area contributed by atoms with Crippen LogP contribution in [0, 0.1) is 11.8 Å². The average molecular weight is 251 g/mol. The molecule has 1 fully saturated rings. The van der Waals surface area contributed by atoms with Gasteiger partial charge in [-0.2, -0.15) is 0 Å². The third-order valence-electron chi connectivity index (χ3n) is 4.55. The molecule has 82 valence electrons. The minimum Gasteiger partial charge on any atom is -0.121 e. The number of alkyl halides is 2. The van der Waals surface area contributed by atoms with Gasteiger partial charge in [0.1, 0.15) is 0 Å². The van der Waals surface area contributed by atoms with Gasteiger partial charge in [-0.15, -0.1) is 23.2 Å². The summed E-state index contributed by atoms with van der Waals surface area (Å²) in [6, 6.07) is 8.75. The van der Waals surface area contributed by atoms with E-state index in [4.69, 9.17) is 23.2 Å². The van der Waals surface area contributed by atoms with E-state index in [-0.39, 0.29) is 10.8 Å². The highest BCUT2D eigenvalue weighted by Crippen LogP contribution is 2.63. The molecule has 2 bridgehead atoms. The van der Waals surface area contributed by atoms with Crippen LogP contribution in [0.2, 0.25) is 0 Å². The van der Waals surface area contributed by atoms with Gasteiger partial charge in [-0.3, -0.25) is 0 Å². The molecule has 1 saturated carbocycles. The first kappa shape index (κ1) is 9.56. The topological polar surface area (TPSA) is 0 Å². The van der Waals surface area contributed by atoms with E-state index < -0.39 is 0 Å². The monoisotopic (exact) mass is 250 g/mol. The number of allylic oxidation sites excluding steroid dienone is 2. The molecular formula is C14H12Cl2. The zero-order valence-electron chi connectivity index (χ0n) is 8.68. The summed E-state index contributed by atoms with van der Waals surface area (Å²) in [5, 5.41) is 0.301. The average Bonchev–Trinajstić information content (AvgIpc) is 2.37. The summed E-state index contributed by atoms with van der Waals surface area (Å²) in [6.07, 6.45) is 4.68. The molecule has 6 atom stereocenters. The maximum Gasteiger partial charge on any atom is 0.0543 e. The highest BCUT2D eigenvalue weighted by molar-refractivity contribution is 6.31. The van der Waals surface area contributed by atoms with E-state index in [2.05, 4.69) is 36.4 Å². The highest BCUT2D eigenvalue weighted by atomic mass is 35.5. The molecule has 5 rings (SSSR count). The summed E-state index contributed by atoms with van der Waals surface area (Å²) in [7, 11) is 0. The fourth-order valence-electron chi connectivity index (χ4n) is 3.81. The van der Waals surface area contributed by atoms with Crippen molar-refractivity contribution in [1.29, 1.82) is 0 Å². The third kappa shape index (κ3) is 0.942. The van der Waals surface area contributed by atoms with Crippen molar-refractivity contribution in [2.24, 2.45) is 11.8 Å². The van der Waals surface area contributed by atoms with Gasteiger partial charge >= 0.3 is 0 Å². The zero-order chi connectivity index (χ0) is 10.9. The summed E-state index contributed by atoms with van der Waals surface area (Å²) in [5.41, 5.74) is 2.95. The Balaban J connectivity index is 1.90. The van der Waals surface area contributed by atoms with E-state index in [1.54, 1.807) is 0 Å². The van der Waals surface area contributed by atoms with Gasteiger partial charge in [-0.25, -0.2) is 0 Å². The minimum atomic E-state index is 0.150. The van der Waals surface area contributed by atoms with Crippen LogP contribution in [0.1, 0.15) is 23.0 Å². The van der Waals surface area contributed by atoms with Crippen molar-refractivity contribution >= 4 is 23.2 Å². The van der Waals surface area contributed by atoms with Crippen LogP contribution in [-0.2, 0) is 0 Å². The first-order chi connectivity index (χ1) is 7.79. The van der Waals surface area contributed by atoms with Crippen molar-refractivity contribution in [3.05, 3.63) is 47.5 Å². The molecule has 0 N–H and O–H groups in total. The Morgan fingerprint density at radius 1 is 0.750 bits per heavy atom. The Morgan fingerprint density at radius 3 is 1.62 bits per heavy atom. The van der Waals surface area contributed by atoms with Gasteiger partial charge < -0.3 is 0 Å². The van der Waals surface area contributed by atoms with Crippen LogP contribution in [0.5, 0.6) is 0 Å². The molecule has 1 aromatic rings. The predicted octanol–water partition coefficient (Wildman–Crippen LogP) is 3.90. The van der Waals surface area contributed by atoms with Crippen molar-refractivity contribution in [1.82, 2.24) is 0 Å². The normalized spacial score (nSPS) is 47.1. The van der Waals surface area contributed by atoms with Crippen LogP contribution in [0.15, 0.2) is 36.4 Å². The Morgan fingerprint density at radius 2 is 1.19 bits per heavy atom. The lowest BCUT2D eigenvalue weighted by Gasteiger charge is -2.58. The van der Waals surface area contributed by atoms with E-state index in [0.717, 1.165) is 0 Å². The Hall–Kier alpha value is -0.460. The maximum atomic E-state index is 6.37. The summed E-state index contributed by atoms with van der Waals surface area (Å²) in [6.45, 7) is 0. The van der Waals surface area contributed by atoms with E-state index in [0.29, 0.717) is 23.7 Å². The molecule has 16 heavy (non-hydrogen) atoms. The molecule has 0 nitrogen and oxygen atoms in total. The van der Waals surface area contributed by atoms with E-state index >= 15 is 0 Å². The van der Waals surface area contributed by atoms with E-state index in [9.17, 15) is 0 Å². The van der Waals surface area contributed by atoms with Crippen molar-refractivity contribution in [2.75, 3.05) is 0 Å². The fraction of sp³-hybridized carbons (Fsp3) is 0.429. The molecule has 0 heterocycles. The fourth-order valence-corrected chi connectivity index (χ4v) is 4.80. The highest BCUT2D eigenvalue weighted by Gasteiger charge is 2.59. The van der Waals surface area contributed by atoms with Gasteiger partial charge in [0.05, 0.1) is 10.8 Å². The first-order valence-corrected chi connectivity index (χ1v) is 6.71. The molecule has 0 spiro atoms. The summed E-state index contributed by atoms with van der Waals surface area (Å²) >= 11 is 12.7. The second kappa shape index (κ2) is 3.05. The Kier molecular flexibility index (Phi) is 1.82. The van der Waals surface area contributed by atoms with Crippen LogP contribution in [0.25, 0.3) is 0 Å². The quantitative estimate of drug-likeness (QED) is 0.484. The summed E-state index contributed by atoms with van der Waals surface area (Å²) < 4.78 is 0. The van der Waals surface area contributed by atoms with Crippen molar-refractivity contribution in [2.45, 2.75) is 22.6 Å². The number of rotatable bonds is 0. The number of hydrogen-bond acceptors (Lipinski definition) is 0. The van der Waals surface area contributed by atoms with E-state index in [1.807, 2.05) is 0 Å². The zero-order valence-corrected chi connectivity index (χ0v) is 10.2. The van der Waals surface area contributed by atoms with Gasteiger partial charge in [0.25, 0.3) is 0 Å². The van der Waals surface area contributed by atoms with Gasteiger partial charge in [0.2, 0.25) is 0 Å². The van der Waals surface area contributed by atoms with Gasteiger partial charge in [-0.05, 0) is 23.0 Å². The number of benzene rings is 1. The lowest BCUT2D eigenvalue weighted by Crippen LogP contribution is -2.57. The molecule has 0 saturated heterocycles. The second-order valence-electron chi connectivity index (χ2n) is 5.11. The van der Waals surface area contributed by atoms with Crippen LogP contribution < -0.4 is 0 Å². The third-order valence-corrected chi connectivity index (χ3v) is 5.81. The SMILES string of the molecule is Cl[C@@H]1[C@H](Cl)[C@H]2[C@H]1[C@H]1C=C[C@@H]2c2ccccc21. The molecule has 0 aromatic heterocycles. The van der Waals surface area contributed by atoms with Crippen LogP contribution in [0.4, 0.5) is 0 Å². The lowest BCUT2D eigenvalue weighted by atomic mass is 9.51. The standard InChI is InChI=1S/C14H12Cl2/c15-13-11-9-5-6-10(12(11)14(13)16)8-4-2-1-3-7(8)9/h1-6,9-14H/t9-,10+,11-,12-,13-,14+/m1/s1. The molecular weight excluding hydrogens is 239 g/mol. The smallest absolute Gasteiger partial charge is 0.0543 e. The lowest BCUT2D eigenvalue weighted by molar-refractivity contribution is 0.129. The van der Waals surface area contributed by atoms with Gasteiger partial charge in [0, 0.05) is 11.8 Å². The van der Waals surface area contributed by atoms with Crippen LogP contribution >= 0.6 is 23.2 Å². The Bertz CT molecular complexity index is 436. The van der Waals surface area contributed by atoms with Crippen LogP contribution in [0.3, 0.4) is 0 Å². The second-order valence-corrected chi connectivity index (χ2v) is 6.12. The maximum absolute atomic E-state index is 6.37.